The van der Waals surface area contributed by atoms with Gasteiger partial charge in [0.05, 0.1) is 18.3 Å². The number of pyridine rings is 1. The average molecular weight is 264 g/mol. The molecule has 0 aliphatic heterocycles. The highest BCUT2D eigenvalue weighted by Gasteiger charge is 2.05. The van der Waals surface area contributed by atoms with Gasteiger partial charge in [0, 0.05) is 11.6 Å². The van der Waals surface area contributed by atoms with Crippen molar-refractivity contribution < 1.29 is 4.74 Å². The van der Waals surface area contributed by atoms with Crippen molar-refractivity contribution in [3.63, 3.8) is 0 Å². The molecule has 2 N–H and O–H groups in total. The summed E-state index contributed by atoms with van der Waals surface area (Å²) in [5.74, 6) is 0.716. The van der Waals surface area contributed by atoms with Gasteiger partial charge in [0.2, 0.25) is 0 Å². The molecule has 0 radical (unpaired) electrons. The van der Waals surface area contributed by atoms with Crippen LogP contribution in [-0.2, 0) is 6.42 Å². The lowest BCUT2D eigenvalue weighted by Crippen LogP contribution is -1.96. The van der Waals surface area contributed by atoms with Gasteiger partial charge in [-0.3, -0.25) is 4.98 Å². The third-order valence-corrected chi connectivity index (χ3v) is 3.43. The van der Waals surface area contributed by atoms with Crippen LogP contribution in [-0.4, -0.2) is 12.1 Å². The van der Waals surface area contributed by atoms with Crippen molar-refractivity contribution in [3.8, 4) is 5.75 Å². The standard InChI is InChI=1S/C17H16N2O/c1-20-17-7-6-12(11-15(17)18)10-13-8-9-19-16-5-3-2-4-14(13)16/h2-9,11H,10,18H2,1H3. The fourth-order valence-electron chi connectivity index (χ4n) is 2.42. The molecule has 3 heteroatoms. The predicted molar refractivity (Wildman–Crippen MR) is 82.0 cm³/mol. The number of aromatic nitrogens is 1. The van der Waals surface area contributed by atoms with E-state index >= 15 is 0 Å². The Labute approximate surface area is 118 Å². The molecule has 0 unspecified atom stereocenters. The Morgan fingerprint density at radius 2 is 1.95 bits per heavy atom. The lowest BCUT2D eigenvalue weighted by atomic mass is 10.0. The quantitative estimate of drug-likeness (QED) is 0.737. The van der Waals surface area contributed by atoms with Crippen LogP contribution in [0.5, 0.6) is 5.75 Å². The summed E-state index contributed by atoms with van der Waals surface area (Å²) in [7, 11) is 1.63. The average Bonchev–Trinajstić information content (AvgIpc) is 2.48. The smallest absolute Gasteiger partial charge is 0.141 e. The third-order valence-electron chi connectivity index (χ3n) is 3.43. The van der Waals surface area contributed by atoms with Crippen LogP contribution in [0.15, 0.2) is 54.7 Å². The normalized spacial score (nSPS) is 10.7. The molecule has 0 aliphatic rings. The van der Waals surface area contributed by atoms with E-state index in [1.165, 1.54) is 16.5 Å². The molecule has 1 aromatic heterocycles. The number of benzene rings is 2. The second-order valence-electron chi connectivity index (χ2n) is 4.74. The molecule has 3 rings (SSSR count). The Morgan fingerprint density at radius 3 is 2.75 bits per heavy atom. The SMILES string of the molecule is COc1ccc(Cc2ccnc3ccccc23)cc1N. The first-order valence-corrected chi connectivity index (χ1v) is 6.53. The molecule has 0 saturated carbocycles. The van der Waals surface area contributed by atoms with Gasteiger partial charge in [-0.1, -0.05) is 24.3 Å². The van der Waals surface area contributed by atoms with Crippen molar-refractivity contribution >= 4 is 16.6 Å². The molecule has 2 aromatic carbocycles. The van der Waals surface area contributed by atoms with Crippen molar-refractivity contribution in [3.05, 3.63) is 65.9 Å². The maximum atomic E-state index is 5.96. The minimum absolute atomic E-state index is 0.670. The van der Waals surface area contributed by atoms with E-state index in [2.05, 4.69) is 17.1 Å². The summed E-state index contributed by atoms with van der Waals surface area (Å²) in [5.41, 5.74) is 10.1. The van der Waals surface area contributed by atoms with Crippen LogP contribution in [0, 0.1) is 0 Å². The Bertz CT molecular complexity index is 748. The molecular formula is C17H16N2O. The molecule has 3 aromatic rings. The van der Waals surface area contributed by atoms with E-state index < -0.39 is 0 Å². The van der Waals surface area contributed by atoms with E-state index in [1.54, 1.807) is 7.11 Å². The number of nitrogens with two attached hydrogens (primary N) is 1. The van der Waals surface area contributed by atoms with Crippen molar-refractivity contribution in [1.29, 1.82) is 0 Å². The van der Waals surface area contributed by atoms with Gasteiger partial charge >= 0.3 is 0 Å². The molecule has 0 saturated heterocycles. The molecule has 100 valence electrons. The van der Waals surface area contributed by atoms with Gasteiger partial charge < -0.3 is 10.5 Å². The monoisotopic (exact) mass is 264 g/mol. The summed E-state index contributed by atoms with van der Waals surface area (Å²) in [6.45, 7) is 0. The summed E-state index contributed by atoms with van der Waals surface area (Å²) in [4.78, 5) is 4.38. The minimum atomic E-state index is 0.670. The molecule has 0 fully saturated rings. The van der Waals surface area contributed by atoms with E-state index in [4.69, 9.17) is 10.5 Å². The predicted octanol–water partition coefficient (Wildman–Crippen LogP) is 3.42. The van der Waals surface area contributed by atoms with Gasteiger partial charge in [-0.25, -0.2) is 0 Å². The lowest BCUT2D eigenvalue weighted by molar-refractivity contribution is 0.417. The highest BCUT2D eigenvalue weighted by molar-refractivity contribution is 5.82. The second kappa shape index (κ2) is 5.21. The Balaban J connectivity index is 1.99. The number of methoxy groups -OCH3 is 1. The molecule has 1 heterocycles. The van der Waals surface area contributed by atoms with Crippen molar-refractivity contribution in [1.82, 2.24) is 4.98 Å². The number of anilines is 1. The molecule has 0 amide bonds. The molecule has 0 spiro atoms. The maximum Gasteiger partial charge on any atom is 0.141 e. The number of para-hydroxylation sites is 1. The Kier molecular flexibility index (Phi) is 3.25. The van der Waals surface area contributed by atoms with Gasteiger partial charge in [-0.05, 0) is 41.8 Å². The van der Waals surface area contributed by atoms with Crippen LogP contribution in [0.2, 0.25) is 0 Å². The zero-order chi connectivity index (χ0) is 13.9. The highest BCUT2D eigenvalue weighted by Crippen LogP contribution is 2.25. The minimum Gasteiger partial charge on any atom is -0.495 e. The van der Waals surface area contributed by atoms with Crippen LogP contribution in [0.4, 0.5) is 5.69 Å². The number of ether oxygens (including phenoxy) is 1. The van der Waals surface area contributed by atoms with Gasteiger partial charge in [-0.15, -0.1) is 0 Å². The fourth-order valence-corrected chi connectivity index (χ4v) is 2.42. The molecule has 0 aliphatic carbocycles. The van der Waals surface area contributed by atoms with E-state index in [9.17, 15) is 0 Å². The fraction of sp³-hybridized carbons (Fsp3) is 0.118. The lowest BCUT2D eigenvalue weighted by Gasteiger charge is -2.09. The summed E-state index contributed by atoms with van der Waals surface area (Å²) in [6, 6.07) is 16.2. The highest BCUT2D eigenvalue weighted by atomic mass is 16.5. The first-order valence-electron chi connectivity index (χ1n) is 6.53. The number of hydrogen-bond donors (Lipinski definition) is 1. The number of rotatable bonds is 3. The van der Waals surface area contributed by atoms with Crippen LogP contribution < -0.4 is 10.5 Å². The van der Waals surface area contributed by atoms with E-state index in [1.807, 2.05) is 42.6 Å². The number of nitrogen functional groups attached to an aromatic ring is 1. The summed E-state index contributed by atoms with van der Waals surface area (Å²) >= 11 is 0. The summed E-state index contributed by atoms with van der Waals surface area (Å²) in [6.07, 6.45) is 2.68. The third kappa shape index (κ3) is 2.30. The first-order chi connectivity index (χ1) is 9.78. The van der Waals surface area contributed by atoms with Crippen LogP contribution in [0.25, 0.3) is 10.9 Å². The summed E-state index contributed by atoms with van der Waals surface area (Å²) in [5, 5.41) is 1.18. The zero-order valence-electron chi connectivity index (χ0n) is 11.3. The van der Waals surface area contributed by atoms with E-state index in [0.29, 0.717) is 11.4 Å². The Hall–Kier alpha value is -2.55. The first kappa shape index (κ1) is 12.5. The maximum absolute atomic E-state index is 5.96. The van der Waals surface area contributed by atoms with Gasteiger partial charge in [0.15, 0.2) is 0 Å². The van der Waals surface area contributed by atoms with Gasteiger partial charge in [0.1, 0.15) is 5.75 Å². The largest absolute Gasteiger partial charge is 0.495 e. The van der Waals surface area contributed by atoms with Gasteiger partial charge in [-0.2, -0.15) is 0 Å². The van der Waals surface area contributed by atoms with Crippen LogP contribution in [0.3, 0.4) is 0 Å². The summed E-state index contributed by atoms with van der Waals surface area (Å²) < 4.78 is 5.19. The number of fused-ring (bicyclic) bond motifs is 1. The van der Waals surface area contributed by atoms with Gasteiger partial charge in [0.25, 0.3) is 0 Å². The van der Waals surface area contributed by atoms with Crippen molar-refractivity contribution in [2.45, 2.75) is 6.42 Å². The van der Waals surface area contributed by atoms with E-state index in [-0.39, 0.29) is 0 Å². The molecule has 0 bridgehead atoms. The second-order valence-corrected chi connectivity index (χ2v) is 4.74. The molecule has 20 heavy (non-hydrogen) atoms. The van der Waals surface area contributed by atoms with Crippen LogP contribution >= 0.6 is 0 Å². The molecule has 0 atom stereocenters. The molecular weight excluding hydrogens is 248 g/mol. The topological polar surface area (TPSA) is 48.1 Å². The molecule has 3 nitrogen and oxygen atoms in total. The Morgan fingerprint density at radius 1 is 1.10 bits per heavy atom. The van der Waals surface area contributed by atoms with Crippen LogP contribution in [0.1, 0.15) is 11.1 Å². The van der Waals surface area contributed by atoms with Crippen molar-refractivity contribution in [2.75, 3.05) is 12.8 Å². The number of hydrogen-bond acceptors (Lipinski definition) is 3. The van der Waals surface area contributed by atoms with Crippen molar-refractivity contribution in [2.24, 2.45) is 0 Å². The zero-order valence-corrected chi connectivity index (χ0v) is 11.3. The van der Waals surface area contributed by atoms with E-state index in [0.717, 1.165) is 11.9 Å². The number of nitrogens with zero attached hydrogens (tertiary/aromatic N) is 1.